The van der Waals surface area contributed by atoms with Crippen LogP contribution in [0.25, 0.3) is 10.2 Å². The third-order valence-corrected chi connectivity index (χ3v) is 3.54. The van der Waals surface area contributed by atoms with Crippen molar-refractivity contribution in [1.82, 2.24) is 9.97 Å². The van der Waals surface area contributed by atoms with Gasteiger partial charge in [0.05, 0.1) is 13.8 Å². The van der Waals surface area contributed by atoms with Crippen LogP contribution in [-0.2, 0) is 0 Å². The van der Waals surface area contributed by atoms with Gasteiger partial charge in [-0.1, -0.05) is 0 Å². The van der Waals surface area contributed by atoms with E-state index in [2.05, 4.69) is 37.9 Å². The zero-order valence-corrected chi connectivity index (χ0v) is 8.81. The van der Waals surface area contributed by atoms with Gasteiger partial charge in [0.2, 0.25) is 0 Å². The van der Waals surface area contributed by atoms with Crippen LogP contribution in [-0.4, -0.2) is 9.97 Å². The Morgan fingerprint density at radius 3 is 3.18 bits per heavy atom. The average molecular weight is 276 g/mol. The third-order valence-electron chi connectivity index (χ3n) is 1.39. The zero-order valence-electron chi connectivity index (χ0n) is 5.84. The van der Waals surface area contributed by atoms with E-state index in [1.165, 1.54) is 8.27 Å². The van der Waals surface area contributed by atoms with Crippen LogP contribution in [0.2, 0.25) is 0 Å². The first-order valence-corrected chi connectivity index (χ1v) is 5.09. The molecule has 2 heterocycles. The lowest BCUT2D eigenvalue weighted by Gasteiger charge is -1.90. The number of rotatable bonds is 0. The van der Waals surface area contributed by atoms with Crippen molar-refractivity contribution in [3.63, 3.8) is 0 Å². The number of aryl methyl sites for hydroxylation is 1. The molecule has 0 aliphatic heterocycles. The molecule has 11 heavy (non-hydrogen) atoms. The molecule has 0 bridgehead atoms. The van der Waals surface area contributed by atoms with E-state index in [0.717, 1.165) is 11.3 Å². The van der Waals surface area contributed by atoms with E-state index in [1.807, 2.05) is 13.1 Å². The standard InChI is InChI=1S/C7H5IN2S/c1-4-9-2-6-7(10-4)5(8)3-11-6/h2-3H,1H3. The Bertz CT molecular complexity index is 396. The molecule has 0 aliphatic carbocycles. The van der Waals surface area contributed by atoms with Gasteiger partial charge in [0, 0.05) is 11.6 Å². The van der Waals surface area contributed by atoms with E-state index in [1.54, 1.807) is 11.3 Å². The van der Waals surface area contributed by atoms with Crippen LogP contribution >= 0.6 is 33.9 Å². The van der Waals surface area contributed by atoms with Crippen LogP contribution in [0.4, 0.5) is 0 Å². The van der Waals surface area contributed by atoms with Gasteiger partial charge >= 0.3 is 0 Å². The Labute approximate surface area is 81.8 Å². The molecule has 4 heteroatoms. The van der Waals surface area contributed by atoms with E-state index in [4.69, 9.17) is 0 Å². The summed E-state index contributed by atoms with van der Waals surface area (Å²) in [5, 5.41) is 2.10. The van der Waals surface area contributed by atoms with Crippen molar-refractivity contribution in [3.8, 4) is 0 Å². The number of fused-ring (bicyclic) bond motifs is 1. The Morgan fingerprint density at radius 1 is 1.55 bits per heavy atom. The number of thiophene rings is 1. The monoisotopic (exact) mass is 276 g/mol. The summed E-state index contributed by atoms with van der Waals surface area (Å²) in [6, 6.07) is 0. The maximum Gasteiger partial charge on any atom is 0.126 e. The number of hydrogen-bond acceptors (Lipinski definition) is 3. The zero-order chi connectivity index (χ0) is 7.84. The first kappa shape index (κ1) is 7.42. The highest BCUT2D eigenvalue weighted by Crippen LogP contribution is 2.24. The maximum absolute atomic E-state index is 4.33. The molecule has 56 valence electrons. The fourth-order valence-electron chi connectivity index (χ4n) is 0.887. The van der Waals surface area contributed by atoms with E-state index >= 15 is 0 Å². The second-order valence-electron chi connectivity index (χ2n) is 2.21. The summed E-state index contributed by atoms with van der Waals surface area (Å²) >= 11 is 3.98. The molecule has 0 spiro atoms. The fourth-order valence-corrected chi connectivity index (χ4v) is 2.59. The van der Waals surface area contributed by atoms with Gasteiger partial charge in [0.25, 0.3) is 0 Å². The quantitative estimate of drug-likeness (QED) is 0.691. The lowest BCUT2D eigenvalue weighted by molar-refractivity contribution is 1.09. The molecular weight excluding hydrogens is 271 g/mol. The molecule has 0 atom stereocenters. The SMILES string of the molecule is Cc1ncc2scc(I)c2n1. The van der Waals surface area contributed by atoms with Crippen molar-refractivity contribution in [2.24, 2.45) is 0 Å². The number of nitrogens with zero attached hydrogens (tertiary/aromatic N) is 2. The summed E-state index contributed by atoms with van der Waals surface area (Å²) in [5.41, 5.74) is 1.09. The van der Waals surface area contributed by atoms with Gasteiger partial charge in [-0.05, 0) is 29.5 Å². The molecule has 0 aromatic carbocycles. The third kappa shape index (κ3) is 1.24. The fraction of sp³-hybridized carbons (Fsp3) is 0.143. The first-order chi connectivity index (χ1) is 5.27. The van der Waals surface area contributed by atoms with Crippen LogP contribution in [0, 0.1) is 10.5 Å². The average Bonchev–Trinajstić information content (AvgIpc) is 2.33. The Hall–Kier alpha value is -0.230. The predicted molar refractivity (Wildman–Crippen MR) is 54.9 cm³/mol. The molecule has 2 aromatic heterocycles. The van der Waals surface area contributed by atoms with E-state index in [9.17, 15) is 0 Å². The normalized spacial score (nSPS) is 10.7. The van der Waals surface area contributed by atoms with Gasteiger partial charge in [-0.3, -0.25) is 0 Å². The summed E-state index contributed by atoms with van der Waals surface area (Å²) in [7, 11) is 0. The van der Waals surface area contributed by atoms with Crippen LogP contribution in [0.5, 0.6) is 0 Å². The van der Waals surface area contributed by atoms with Gasteiger partial charge in [-0.25, -0.2) is 9.97 Å². The van der Waals surface area contributed by atoms with Crippen molar-refractivity contribution in [2.45, 2.75) is 6.92 Å². The molecule has 0 N–H and O–H groups in total. The molecule has 2 rings (SSSR count). The number of halogens is 1. The highest BCUT2D eigenvalue weighted by Gasteiger charge is 2.02. The molecular formula is C7H5IN2S. The van der Waals surface area contributed by atoms with E-state index in [0.29, 0.717) is 0 Å². The molecule has 0 saturated carbocycles. The smallest absolute Gasteiger partial charge is 0.126 e. The van der Waals surface area contributed by atoms with Crippen molar-refractivity contribution in [1.29, 1.82) is 0 Å². The lowest BCUT2D eigenvalue weighted by Crippen LogP contribution is -1.85. The minimum Gasteiger partial charge on any atom is -0.240 e. The van der Waals surface area contributed by atoms with Crippen molar-refractivity contribution in [3.05, 3.63) is 21.0 Å². The minimum absolute atomic E-state index is 0.841. The summed E-state index contributed by atoms with van der Waals surface area (Å²) in [6.45, 7) is 1.91. The van der Waals surface area contributed by atoms with Gasteiger partial charge in [-0.15, -0.1) is 11.3 Å². The lowest BCUT2D eigenvalue weighted by atomic mass is 10.5. The summed E-state index contributed by atoms with van der Waals surface area (Å²) in [4.78, 5) is 8.44. The first-order valence-electron chi connectivity index (χ1n) is 3.14. The second kappa shape index (κ2) is 2.67. The van der Waals surface area contributed by atoms with E-state index in [-0.39, 0.29) is 0 Å². The highest BCUT2D eigenvalue weighted by molar-refractivity contribution is 14.1. The van der Waals surface area contributed by atoms with Crippen molar-refractivity contribution in [2.75, 3.05) is 0 Å². The number of hydrogen-bond donors (Lipinski definition) is 0. The molecule has 0 amide bonds. The molecule has 0 aliphatic rings. The summed E-state index contributed by atoms with van der Waals surface area (Å²) in [5.74, 6) is 0.841. The summed E-state index contributed by atoms with van der Waals surface area (Å²) in [6.07, 6.45) is 1.88. The Morgan fingerprint density at radius 2 is 2.36 bits per heavy atom. The van der Waals surface area contributed by atoms with Crippen LogP contribution in [0.3, 0.4) is 0 Å². The second-order valence-corrected chi connectivity index (χ2v) is 4.29. The molecule has 0 radical (unpaired) electrons. The Kier molecular flexibility index (Phi) is 1.80. The highest BCUT2D eigenvalue weighted by atomic mass is 127. The molecule has 0 unspecified atom stereocenters. The Balaban J connectivity index is 2.87. The van der Waals surface area contributed by atoms with E-state index < -0.39 is 0 Å². The molecule has 2 nitrogen and oxygen atoms in total. The maximum atomic E-state index is 4.33. The van der Waals surface area contributed by atoms with Gasteiger partial charge in [-0.2, -0.15) is 0 Å². The van der Waals surface area contributed by atoms with Gasteiger partial charge < -0.3 is 0 Å². The van der Waals surface area contributed by atoms with Crippen molar-refractivity contribution >= 4 is 44.1 Å². The largest absolute Gasteiger partial charge is 0.240 e. The van der Waals surface area contributed by atoms with Crippen LogP contribution in [0.15, 0.2) is 11.6 Å². The van der Waals surface area contributed by atoms with Gasteiger partial charge in [0.15, 0.2) is 0 Å². The predicted octanol–water partition coefficient (Wildman–Crippen LogP) is 2.60. The van der Waals surface area contributed by atoms with Crippen molar-refractivity contribution < 1.29 is 0 Å². The molecule has 0 saturated heterocycles. The summed E-state index contributed by atoms with van der Waals surface area (Å²) < 4.78 is 2.38. The topological polar surface area (TPSA) is 25.8 Å². The minimum atomic E-state index is 0.841. The van der Waals surface area contributed by atoms with Crippen LogP contribution < -0.4 is 0 Å². The van der Waals surface area contributed by atoms with Gasteiger partial charge in [0.1, 0.15) is 5.82 Å². The number of aromatic nitrogens is 2. The molecule has 0 fully saturated rings. The molecule has 2 aromatic rings. The van der Waals surface area contributed by atoms with Crippen LogP contribution in [0.1, 0.15) is 5.82 Å².